The van der Waals surface area contributed by atoms with E-state index in [4.69, 9.17) is 15.2 Å². The average Bonchev–Trinajstić information content (AvgIpc) is 3.41. The van der Waals surface area contributed by atoms with E-state index in [2.05, 4.69) is 39.3 Å². The number of amides is 1. The molecular formula is C27H31N5O4. The molecule has 1 saturated heterocycles. The predicted molar refractivity (Wildman–Crippen MR) is 140 cm³/mol. The number of carbonyl (C=O) groups is 1. The van der Waals surface area contributed by atoms with Gasteiger partial charge in [-0.1, -0.05) is 48.5 Å². The molecule has 9 nitrogen and oxygen atoms in total. The number of nitrogens with zero attached hydrogens (tertiary/aromatic N) is 4. The summed E-state index contributed by atoms with van der Waals surface area (Å²) in [5, 5.41) is 2.99. The summed E-state index contributed by atoms with van der Waals surface area (Å²) in [5.41, 5.74) is 10.4. The first-order chi connectivity index (χ1) is 17.6. The molecule has 188 valence electrons. The molecule has 9 heteroatoms. The zero-order valence-corrected chi connectivity index (χ0v) is 20.4. The smallest absolute Gasteiger partial charge is 0.217 e. The van der Waals surface area contributed by atoms with Crippen LogP contribution < -0.4 is 15.4 Å². The van der Waals surface area contributed by atoms with Gasteiger partial charge in [0.25, 0.3) is 0 Å². The molecule has 1 amide bonds. The average molecular weight is 490 g/mol. The number of pyridine rings is 1. The maximum atomic E-state index is 12.0. The van der Waals surface area contributed by atoms with Gasteiger partial charge in [-0.15, -0.1) is 4.91 Å². The molecule has 36 heavy (non-hydrogen) atoms. The van der Waals surface area contributed by atoms with Crippen LogP contribution in [0.25, 0.3) is 11.1 Å². The number of nitrogen functional groups attached to an aromatic ring is 1. The van der Waals surface area contributed by atoms with E-state index in [1.807, 2.05) is 24.3 Å². The van der Waals surface area contributed by atoms with Gasteiger partial charge in [-0.3, -0.25) is 9.69 Å². The normalized spacial score (nSPS) is 13.5. The van der Waals surface area contributed by atoms with Crippen molar-refractivity contribution < 1.29 is 14.3 Å². The summed E-state index contributed by atoms with van der Waals surface area (Å²) in [6, 6.07) is 18.1. The molecule has 3 aromatic rings. The van der Waals surface area contributed by atoms with Gasteiger partial charge in [0.1, 0.15) is 6.61 Å². The highest BCUT2D eigenvalue weighted by atomic mass is 16.5. The predicted octanol–water partition coefficient (Wildman–Crippen LogP) is 4.51. The fourth-order valence-corrected chi connectivity index (χ4v) is 4.32. The summed E-state index contributed by atoms with van der Waals surface area (Å²) >= 11 is 0. The molecule has 0 unspecified atom stereocenters. The summed E-state index contributed by atoms with van der Waals surface area (Å²) in [5.74, 6) is 0.0765. The number of hydrogen-bond acceptors (Lipinski definition) is 8. The van der Waals surface area contributed by atoms with E-state index in [0.29, 0.717) is 13.0 Å². The topological polar surface area (TPSA) is 110 Å². The van der Waals surface area contributed by atoms with Crippen molar-refractivity contribution in [3.05, 3.63) is 70.6 Å². The molecule has 0 spiro atoms. The maximum absolute atomic E-state index is 12.0. The van der Waals surface area contributed by atoms with Crippen LogP contribution in [0.15, 0.2) is 59.8 Å². The molecule has 0 bridgehead atoms. The van der Waals surface area contributed by atoms with Gasteiger partial charge in [0.05, 0.1) is 18.8 Å². The maximum Gasteiger partial charge on any atom is 0.217 e. The van der Waals surface area contributed by atoms with E-state index in [1.165, 1.54) is 42.5 Å². The van der Waals surface area contributed by atoms with Gasteiger partial charge in [0.15, 0.2) is 11.5 Å². The van der Waals surface area contributed by atoms with Crippen molar-refractivity contribution in [2.24, 2.45) is 5.18 Å². The molecule has 4 rings (SSSR count). The molecule has 0 atom stereocenters. The highest BCUT2D eigenvalue weighted by Crippen LogP contribution is 2.36. The van der Waals surface area contributed by atoms with Gasteiger partial charge in [0, 0.05) is 19.7 Å². The Bertz CT molecular complexity index is 1160. The van der Waals surface area contributed by atoms with Crippen LogP contribution in [0.4, 0.5) is 17.2 Å². The van der Waals surface area contributed by atoms with Crippen molar-refractivity contribution in [2.45, 2.75) is 25.9 Å². The Labute approximate surface area is 210 Å². The number of aromatic nitrogens is 1. The lowest BCUT2D eigenvalue weighted by Crippen LogP contribution is -2.21. The van der Waals surface area contributed by atoms with E-state index < -0.39 is 0 Å². The van der Waals surface area contributed by atoms with Crippen LogP contribution in [0.1, 0.15) is 24.0 Å². The summed E-state index contributed by atoms with van der Waals surface area (Å²) < 4.78 is 10.5. The molecule has 1 aliphatic heterocycles. The highest BCUT2D eigenvalue weighted by molar-refractivity contribution is 5.87. The number of nitroso groups, excluding NO2 is 1. The second kappa shape index (κ2) is 12.2. The quantitative estimate of drug-likeness (QED) is 0.226. The van der Waals surface area contributed by atoms with Gasteiger partial charge in [-0.2, -0.15) is 4.98 Å². The summed E-state index contributed by atoms with van der Waals surface area (Å²) in [7, 11) is 1.56. The monoisotopic (exact) mass is 489 g/mol. The van der Waals surface area contributed by atoms with Gasteiger partial charge < -0.3 is 20.1 Å². The summed E-state index contributed by atoms with van der Waals surface area (Å²) in [6.45, 7) is 4.19. The molecule has 2 heterocycles. The van der Waals surface area contributed by atoms with Crippen molar-refractivity contribution in [2.75, 3.05) is 44.0 Å². The van der Waals surface area contributed by atoms with Crippen LogP contribution in [0.2, 0.25) is 0 Å². The molecule has 1 fully saturated rings. The lowest BCUT2D eigenvalue weighted by molar-refractivity contribution is -0.107. The van der Waals surface area contributed by atoms with Crippen LogP contribution >= 0.6 is 0 Å². The van der Waals surface area contributed by atoms with E-state index in [-0.39, 0.29) is 36.2 Å². The first kappa shape index (κ1) is 25.3. The Hall–Kier alpha value is -3.82. The number of carbonyl (C=O) groups excluding carboxylic acids is 1. The lowest BCUT2D eigenvalue weighted by Gasteiger charge is -2.20. The Kier molecular flexibility index (Phi) is 8.59. The third-order valence-electron chi connectivity index (χ3n) is 6.24. The minimum atomic E-state index is -0.106. The van der Waals surface area contributed by atoms with Crippen LogP contribution in [-0.4, -0.2) is 49.7 Å². The third-order valence-corrected chi connectivity index (χ3v) is 6.24. The zero-order valence-electron chi connectivity index (χ0n) is 20.4. The largest absolute Gasteiger partial charge is 0.475 e. The molecule has 0 saturated carbocycles. The summed E-state index contributed by atoms with van der Waals surface area (Å²) in [6.07, 6.45) is 3.21. The Morgan fingerprint density at radius 1 is 1.03 bits per heavy atom. The van der Waals surface area contributed by atoms with E-state index in [9.17, 15) is 9.70 Å². The number of methoxy groups -OCH3 is 1. The van der Waals surface area contributed by atoms with Crippen LogP contribution in [0, 0.1) is 4.91 Å². The fourth-order valence-electron chi connectivity index (χ4n) is 4.32. The van der Waals surface area contributed by atoms with Crippen molar-refractivity contribution in [1.29, 1.82) is 0 Å². The van der Waals surface area contributed by atoms with Crippen molar-refractivity contribution in [1.82, 2.24) is 9.88 Å². The van der Waals surface area contributed by atoms with Crippen molar-refractivity contribution in [3.63, 3.8) is 0 Å². The Balaban J connectivity index is 1.47. The molecule has 0 aliphatic carbocycles. The molecule has 2 N–H and O–H groups in total. The number of ether oxygens (including phenoxy) is 2. The molecule has 1 aromatic heterocycles. The SMILES string of the molecule is COCCOc1cc(N(C=O)Cc2ccc(-c3ccc(CN4CCCC4)cc3)cc2)c(N=O)c(N)n1. The number of anilines is 2. The molecule has 0 radical (unpaired) electrons. The first-order valence-corrected chi connectivity index (χ1v) is 12.0. The molecular weight excluding hydrogens is 458 g/mol. The van der Waals surface area contributed by atoms with Gasteiger partial charge >= 0.3 is 0 Å². The molecule has 1 aliphatic rings. The first-order valence-electron chi connectivity index (χ1n) is 12.0. The third kappa shape index (κ3) is 6.24. The number of likely N-dealkylation sites (tertiary alicyclic amines) is 1. The second-order valence-corrected chi connectivity index (χ2v) is 8.76. The number of hydrogen-bond donors (Lipinski definition) is 1. The van der Waals surface area contributed by atoms with Gasteiger partial charge in [0.2, 0.25) is 12.3 Å². The Morgan fingerprint density at radius 3 is 2.25 bits per heavy atom. The van der Waals surface area contributed by atoms with E-state index >= 15 is 0 Å². The minimum absolute atomic E-state index is 0.105. The van der Waals surface area contributed by atoms with Crippen molar-refractivity contribution >= 4 is 23.6 Å². The minimum Gasteiger partial charge on any atom is -0.475 e. The lowest BCUT2D eigenvalue weighted by atomic mass is 10.0. The molecule has 2 aromatic carbocycles. The van der Waals surface area contributed by atoms with E-state index in [0.717, 1.165) is 23.2 Å². The van der Waals surface area contributed by atoms with Crippen LogP contribution in [0.5, 0.6) is 5.88 Å². The van der Waals surface area contributed by atoms with E-state index in [1.54, 1.807) is 7.11 Å². The Morgan fingerprint density at radius 2 is 1.67 bits per heavy atom. The zero-order chi connectivity index (χ0) is 25.3. The number of benzene rings is 2. The highest BCUT2D eigenvalue weighted by Gasteiger charge is 2.19. The van der Waals surface area contributed by atoms with Crippen LogP contribution in [-0.2, 0) is 22.6 Å². The van der Waals surface area contributed by atoms with Gasteiger partial charge in [-0.25, -0.2) is 0 Å². The van der Waals surface area contributed by atoms with Crippen molar-refractivity contribution in [3.8, 4) is 17.0 Å². The standard InChI is InChI=1S/C27H31N5O4/c1-35-14-15-36-25-16-24(26(30-34)27(28)29-25)32(19-33)18-21-6-10-23(11-7-21)22-8-4-20(5-9-22)17-31-12-2-3-13-31/h4-11,16,19H,2-3,12-15,17-18H2,1H3,(H2,28,29). The number of nitrogens with two attached hydrogens (primary N) is 1. The second-order valence-electron chi connectivity index (χ2n) is 8.76. The fraction of sp³-hybridized carbons (Fsp3) is 0.333. The summed E-state index contributed by atoms with van der Waals surface area (Å²) in [4.78, 5) is 31.3. The van der Waals surface area contributed by atoms with Crippen LogP contribution in [0.3, 0.4) is 0 Å². The number of rotatable bonds is 12. The van der Waals surface area contributed by atoms with Gasteiger partial charge in [-0.05, 0) is 53.4 Å².